The summed E-state index contributed by atoms with van der Waals surface area (Å²) < 4.78 is 18.7. The van der Waals surface area contributed by atoms with Crippen LogP contribution in [0.15, 0.2) is 30.5 Å². The molecule has 0 saturated carbocycles. The Balaban J connectivity index is 2.23. The second-order valence-corrected chi connectivity index (χ2v) is 3.78. The highest BCUT2D eigenvalue weighted by atomic mass is 19.1. The maximum atomic E-state index is 13.6. The van der Waals surface area contributed by atoms with Gasteiger partial charge in [-0.05, 0) is 19.1 Å². The van der Waals surface area contributed by atoms with E-state index < -0.39 is 5.82 Å². The molecule has 0 unspecified atom stereocenters. The fourth-order valence-electron chi connectivity index (χ4n) is 1.54. The number of nitrogens with zero attached hydrogens (tertiary/aromatic N) is 2. The van der Waals surface area contributed by atoms with E-state index in [9.17, 15) is 4.39 Å². The van der Waals surface area contributed by atoms with Crippen molar-refractivity contribution in [1.29, 1.82) is 0 Å². The maximum Gasteiger partial charge on any atom is 0.224 e. The first-order chi connectivity index (χ1) is 9.22. The summed E-state index contributed by atoms with van der Waals surface area (Å²) in [6, 6.07) is 7.18. The Morgan fingerprint density at radius 1 is 1.37 bits per heavy atom. The second-order valence-electron chi connectivity index (χ2n) is 3.78. The summed E-state index contributed by atoms with van der Waals surface area (Å²) in [5.41, 5.74) is 0.694. The zero-order chi connectivity index (χ0) is 13.7. The molecule has 5 nitrogen and oxygen atoms in total. The van der Waals surface area contributed by atoms with Gasteiger partial charge in [-0.2, -0.15) is 4.98 Å². The lowest BCUT2D eigenvalue weighted by molar-refractivity contribution is 0.415. The van der Waals surface area contributed by atoms with Gasteiger partial charge < -0.3 is 15.4 Å². The van der Waals surface area contributed by atoms with Crippen LogP contribution in [0.1, 0.15) is 6.92 Å². The number of methoxy groups -OCH3 is 1. The quantitative estimate of drug-likeness (QED) is 0.867. The van der Waals surface area contributed by atoms with Gasteiger partial charge >= 0.3 is 0 Å². The Kier molecular flexibility index (Phi) is 4.12. The lowest BCUT2D eigenvalue weighted by Crippen LogP contribution is -2.05. The van der Waals surface area contributed by atoms with Crippen molar-refractivity contribution in [1.82, 2.24) is 9.97 Å². The largest absolute Gasteiger partial charge is 0.497 e. The number of anilines is 3. The number of hydrogen-bond acceptors (Lipinski definition) is 5. The van der Waals surface area contributed by atoms with Crippen molar-refractivity contribution < 1.29 is 9.13 Å². The molecule has 0 saturated heterocycles. The van der Waals surface area contributed by atoms with E-state index in [1.165, 1.54) is 0 Å². The monoisotopic (exact) mass is 262 g/mol. The van der Waals surface area contributed by atoms with Gasteiger partial charge in [-0.25, -0.2) is 9.37 Å². The van der Waals surface area contributed by atoms with Crippen molar-refractivity contribution in [2.45, 2.75) is 6.92 Å². The van der Waals surface area contributed by atoms with E-state index in [-0.39, 0.29) is 5.82 Å². The van der Waals surface area contributed by atoms with Gasteiger partial charge in [-0.3, -0.25) is 0 Å². The molecule has 0 spiro atoms. The van der Waals surface area contributed by atoms with E-state index in [0.717, 1.165) is 6.20 Å². The molecule has 6 heteroatoms. The van der Waals surface area contributed by atoms with E-state index in [2.05, 4.69) is 20.6 Å². The van der Waals surface area contributed by atoms with Crippen molar-refractivity contribution >= 4 is 17.5 Å². The van der Waals surface area contributed by atoms with Gasteiger partial charge in [0.2, 0.25) is 5.95 Å². The van der Waals surface area contributed by atoms with Gasteiger partial charge in [-0.1, -0.05) is 6.07 Å². The van der Waals surface area contributed by atoms with E-state index in [1.807, 2.05) is 19.1 Å². The Labute approximate surface area is 110 Å². The van der Waals surface area contributed by atoms with Crippen LogP contribution in [0, 0.1) is 5.82 Å². The summed E-state index contributed by atoms with van der Waals surface area (Å²) in [6.45, 7) is 2.59. The molecule has 0 bridgehead atoms. The van der Waals surface area contributed by atoms with Crippen molar-refractivity contribution in [2.75, 3.05) is 24.3 Å². The Morgan fingerprint density at radius 3 is 2.95 bits per heavy atom. The summed E-state index contributed by atoms with van der Waals surface area (Å²) in [7, 11) is 1.58. The smallest absolute Gasteiger partial charge is 0.224 e. The minimum absolute atomic E-state index is 0.124. The predicted molar refractivity (Wildman–Crippen MR) is 72.4 cm³/mol. The second kappa shape index (κ2) is 5.99. The summed E-state index contributed by atoms with van der Waals surface area (Å²) in [6.07, 6.45) is 1.13. The molecule has 1 aromatic carbocycles. The fourth-order valence-corrected chi connectivity index (χ4v) is 1.54. The van der Waals surface area contributed by atoms with Crippen LogP contribution in [0.25, 0.3) is 0 Å². The van der Waals surface area contributed by atoms with Gasteiger partial charge in [0, 0.05) is 18.3 Å². The van der Waals surface area contributed by atoms with E-state index >= 15 is 0 Å². The molecule has 2 N–H and O–H groups in total. The summed E-state index contributed by atoms with van der Waals surface area (Å²) in [4.78, 5) is 7.91. The highest BCUT2D eigenvalue weighted by Gasteiger charge is 2.07. The van der Waals surface area contributed by atoms with Crippen molar-refractivity contribution in [3.63, 3.8) is 0 Å². The third kappa shape index (κ3) is 3.31. The first-order valence-corrected chi connectivity index (χ1v) is 5.90. The Bertz CT molecular complexity index is 562. The molecule has 2 rings (SSSR count). The van der Waals surface area contributed by atoms with Crippen molar-refractivity contribution in [2.24, 2.45) is 0 Å². The minimum Gasteiger partial charge on any atom is -0.497 e. The molecule has 0 amide bonds. The molecule has 19 heavy (non-hydrogen) atoms. The standard InChI is InChI=1S/C13H15FN4O/c1-3-15-13-16-8-11(14)12(18-13)17-9-5-4-6-10(7-9)19-2/h4-8H,3H2,1-2H3,(H2,15,16,17,18). The number of nitrogens with one attached hydrogen (secondary N) is 2. The maximum absolute atomic E-state index is 13.6. The van der Waals surface area contributed by atoms with Crippen LogP contribution in [0.2, 0.25) is 0 Å². The number of benzene rings is 1. The number of ether oxygens (including phenoxy) is 1. The molecule has 1 heterocycles. The highest BCUT2D eigenvalue weighted by Crippen LogP contribution is 2.22. The third-order valence-electron chi connectivity index (χ3n) is 2.41. The zero-order valence-electron chi connectivity index (χ0n) is 10.8. The fraction of sp³-hybridized carbons (Fsp3) is 0.231. The van der Waals surface area contributed by atoms with Crippen molar-refractivity contribution in [3.05, 3.63) is 36.3 Å². The molecule has 0 fully saturated rings. The summed E-state index contributed by atoms with van der Waals surface area (Å²) in [5.74, 6) is 0.685. The zero-order valence-corrected chi connectivity index (χ0v) is 10.8. The molecule has 0 aliphatic carbocycles. The molecule has 2 aromatic rings. The van der Waals surface area contributed by atoms with Crippen LogP contribution in [-0.4, -0.2) is 23.6 Å². The Hall–Kier alpha value is -2.37. The van der Waals surface area contributed by atoms with Crippen LogP contribution in [0.3, 0.4) is 0 Å². The predicted octanol–water partition coefficient (Wildman–Crippen LogP) is 2.80. The topological polar surface area (TPSA) is 59.1 Å². The van der Waals surface area contributed by atoms with Crippen molar-refractivity contribution in [3.8, 4) is 5.75 Å². The lowest BCUT2D eigenvalue weighted by atomic mass is 10.3. The van der Waals surface area contributed by atoms with Crippen LogP contribution in [0.5, 0.6) is 5.75 Å². The van der Waals surface area contributed by atoms with Gasteiger partial charge in [0.1, 0.15) is 5.75 Å². The normalized spacial score (nSPS) is 10.1. The van der Waals surface area contributed by atoms with Gasteiger partial charge in [-0.15, -0.1) is 0 Å². The average Bonchev–Trinajstić information content (AvgIpc) is 2.43. The molecule has 0 aliphatic rings. The number of aromatic nitrogens is 2. The molecule has 0 aliphatic heterocycles. The van der Waals surface area contributed by atoms with Crippen LogP contribution < -0.4 is 15.4 Å². The Morgan fingerprint density at radius 2 is 2.21 bits per heavy atom. The molecule has 100 valence electrons. The molecular formula is C13H15FN4O. The van der Waals surface area contributed by atoms with Crippen LogP contribution >= 0.6 is 0 Å². The van der Waals surface area contributed by atoms with Gasteiger partial charge in [0.15, 0.2) is 11.6 Å². The first-order valence-electron chi connectivity index (χ1n) is 5.90. The molecule has 1 aromatic heterocycles. The van der Waals surface area contributed by atoms with E-state index in [1.54, 1.807) is 19.2 Å². The molecular weight excluding hydrogens is 247 g/mol. The minimum atomic E-state index is -0.510. The van der Waals surface area contributed by atoms with Crippen LogP contribution in [0.4, 0.5) is 21.8 Å². The SMILES string of the molecule is CCNc1ncc(F)c(Nc2cccc(OC)c2)n1. The third-order valence-corrected chi connectivity index (χ3v) is 2.41. The molecule has 0 radical (unpaired) electrons. The number of rotatable bonds is 5. The van der Waals surface area contributed by atoms with Gasteiger partial charge in [0.25, 0.3) is 0 Å². The van der Waals surface area contributed by atoms with Gasteiger partial charge in [0.05, 0.1) is 13.3 Å². The van der Waals surface area contributed by atoms with Crippen LogP contribution in [-0.2, 0) is 0 Å². The average molecular weight is 262 g/mol. The van der Waals surface area contributed by atoms with E-state index in [4.69, 9.17) is 4.74 Å². The van der Waals surface area contributed by atoms with E-state index in [0.29, 0.717) is 23.9 Å². The highest BCUT2D eigenvalue weighted by molar-refractivity contribution is 5.59. The first kappa shape index (κ1) is 13.1. The lowest BCUT2D eigenvalue weighted by Gasteiger charge is -2.09. The number of hydrogen-bond donors (Lipinski definition) is 2. The number of halogens is 1. The summed E-state index contributed by atoms with van der Waals surface area (Å²) >= 11 is 0. The summed E-state index contributed by atoms with van der Waals surface area (Å²) in [5, 5.41) is 5.83. The molecule has 0 atom stereocenters.